The third kappa shape index (κ3) is 3.92. The van der Waals surface area contributed by atoms with Crippen molar-refractivity contribution in [2.45, 2.75) is 28.7 Å². The zero-order valence-electron chi connectivity index (χ0n) is 14.0. The maximum absolute atomic E-state index is 6.25. The molecule has 1 aliphatic heterocycles. The van der Waals surface area contributed by atoms with Crippen molar-refractivity contribution in [3.8, 4) is 0 Å². The van der Waals surface area contributed by atoms with Crippen LogP contribution in [0.3, 0.4) is 0 Å². The minimum atomic E-state index is 0.437. The number of hydrogen-bond donors (Lipinski definition) is 1. The fourth-order valence-electron chi connectivity index (χ4n) is 3.46. The molecule has 0 aliphatic carbocycles. The van der Waals surface area contributed by atoms with Gasteiger partial charge in [0.2, 0.25) is 0 Å². The minimum Gasteiger partial charge on any atom is -0.339 e. The zero-order valence-corrected chi connectivity index (χ0v) is 15.6. The van der Waals surface area contributed by atoms with Crippen LogP contribution < -0.4 is 5.32 Å². The van der Waals surface area contributed by atoms with Crippen LogP contribution in [0, 0.1) is 0 Å². The lowest BCUT2D eigenvalue weighted by Crippen LogP contribution is -2.86. The Kier molecular flexibility index (Phi) is 5.12. The van der Waals surface area contributed by atoms with E-state index in [1.807, 2.05) is 17.8 Å². The van der Waals surface area contributed by atoms with Crippen molar-refractivity contribution >= 4 is 23.4 Å². The van der Waals surface area contributed by atoms with Gasteiger partial charge >= 0.3 is 0 Å². The molecule has 2 N–H and O–H groups in total. The summed E-state index contributed by atoms with van der Waals surface area (Å²) in [7, 11) is 0. The van der Waals surface area contributed by atoms with E-state index in [9.17, 15) is 0 Å². The molecule has 0 amide bonds. The Morgan fingerprint density at radius 1 is 0.920 bits per heavy atom. The van der Waals surface area contributed by atoms with Crippen LogP contribution in [-0.2, 0) is 12.8 Å². The minimum absolute atomic E-state index is 0.437. The summed E-state index contributed by atoms with van der Waals surface area (Å²) in [6.45, 7) is 1.09. The van der Waals surface area contributed by atoms with E-state index in [4.69, 9.17) is 11.6 Å². The van der Waals surface area contributed by atoms with Gasteiger partial charge in [-0.15, -0.1) is 0 Å². The summed E-state index contributed by atoms with van der Waals surface area (Å²) in [6.07, 6.45) is 2.11. The lowest BCUT2D eigenvalue weighted by atomic mass is 9.98. The lowest BCUT2D eigenvalue weighted by molar-refractivity contribution is -0.695. The van der Waals surface area contributed by atoms with Gasteiger partial charge in [-0.2, -0.15) is 0 Å². The zero-order chi connectivity index (χ0) is 17.1. The van der Waals surface area contributed by atoms with E-state index < -0.39 is 0 Å². The molecule has 3 heteroatoms. The van der Waals surface area contributed by atoms with Crippen LogP contribution in [-0.4, -0.2) is 6.54 Å². The maximum Gasteiger partial charge on any atom is 0.117 e. The summed E-state index contributed by atoms with van der Waals surface area (Å²) >= 11 is 8.12. The molecule has 0 radical (unpaired) electrons. The van der Waals surface area contributed by atoms with E-state index in [0.717, 1.165) is 24.4 Å². The molecule has 0 aromatic heterocycles. The summed E-state index contributed by atoms with van der Waals surface area (Å²) in [5.41, 5.74) is 4.20. The molecular formula is C22H21ClNS+. The molecule has 3 aromatic carbocycles. The number of hydrogen-bond acceptors (Lipinski definition) is 1. The van der Waals surface area contributed by atoms with Gasteiger partial charge in [0.25, 0.3) is 0 Å². The second kappa shape index (κ2) is 7.65. The number of fused-ring (bicyclic) bond motifs is 2. The maximum atomic E-state index is 6.25. The Balaban J connectivity index is 1.57. The van der Waals surface area contributed by atoms with Crippen LogP contribution in [0.4, 0.5) is 0 Å². The average Bonchev–Trinajstić information content (AvgIpc) is 2.79. The Morgan fingerprint density at radius 3 is 2.60 bits per heavy atom. The van der Waals surface area contributed by atoms with Gasteiger partial charge in [-0.1, -0.05) is 71.9 Å². The second-order valence-corrected chi connectivity index (χ2v) is 7.98. The first-order chi connectivity index (χ1) is 12.3. The molecule has 0 saturated heterocycles. The van der Waals surface area contributed by atoms with Crippen molar-refractivity contribution in [1.29, 1.82) is 0 Å². The van der Waals surface area contributed by atoms with E-state index in [-0.39, 0.29) is 0 Å². The third-order valence-electron chi connectivity index (χ3n) is 4.73. The average molecular weight is 367 g/mol. The molecular weight excluding hydrogens is 346 g/mol. The number of rotatable bonds is 4. The molecule has 4 rings (SSSR count). The van der Waals surface area contributed by atoms with E-state index in [2.05, 4.69) is 72.0 Å². The summed E-state index contributed by atoms with van der Waals surface area (Å²) in [5.74, 6) is 0. The first-order valence-corrected chi connectivity index (χ1v) is 9.91. The first-order valence-electron chi connectivity index (χ1n) is 8.72. The van der Waals surface area contributed by atoms with E-state index in [1.54, 1.807) is 0 Å². The molecule has 0 saturated carbocycles. The molecule has 0 unspecified atom stereocenters. The van der Waals surface area contributed by atoms with Crippen LogP contribution in [0.2, 0.25) is 5.02 Å². The number of nitrogens with two attached hydrogens (primary N) is 1. The van der Waals surface area contributed by atoms with Gasteiger partial charge < -0.3 is 5.32 Å². The van der Waals surface area contributed by atoms with E-state index in [0.29, 0.717) is 6.04 Å². The summed E-state index contributed by atoms with van der Waals surface area (Å²) in [5, 5.41) is 3.32. The number of halogens is 1. The smallest absolute Gasteiger partial charge is 0.117 e. The highest BCUT2D eigenvalue weighted by Crippen LogP contribution is 2.40. The second-order valence-electron chi connectivity index (χ2n) is 6.46. The van der Waals surface area contributed by atoms with Gasteiger partial charge in [0.05, 0.1) is 6.54 Å². The SMILES string of the molecule is Clc1ccc2c(c1)C[C@@H]([NH2+]CCc1ccccc1)c1ccccc1S2. The fourth-order valence-corrected chi connectivity index (χ4v) is 4.78. The molecule has 0 spiro atoms. The Labute approximate surface area is 158 Å². The quantitative estimate of drug-likeness (QED) is 0.695. The standard InChI is InChI=1S/C22H20ClNS/c23-18-10-11-21-17(14-18)15-20(19-8-4-5-9-22(19)25-21)24-13-12-16-6-2-1-3-7-16/h1-11,14,20,24H,12-13,15H2/p+1/t20-/m1/s1. The molecule has 1 atom stereocenters. The molecule has 0 fully saturated rings. The van der Waals surface area contributed by atoms with Crippen LogP contribution in [0.25, 0.3) is 0 Å². The fraction of sp³-hybridized carbons (Fsp3) is 0.182. The third-order valence-corrected chi connectivity index (χ3v) is 6.17. The van der Waals surface area contributed by atoms with Crippen molar-refractivity contribution in [3.63, 3.8) is 0 Å². The van der Waals surface area contributed by atoms with Crippen LogP contribution in [0.1, 0.15) is 22.7 Å². The highest BCUT2D eigenvalue weighted by molar-refractivity contribution is 7.99. The summed E-state index contributed by atoms with van der Waals surface area (Å²) < 4.78 is 0. The molecule has 126 valence electrons. The molecule has 1 heterocycles. The molecule has 3 aromatic rings. The molecule has 0 bridgehead atoms. The van der Waals surface area contributed by atoms with Gasteiger partial charge in [-0.05, 0) is 35.4 Å². The van der Waals surface area contributed by atoms with Crippen molar-refractivity contribution in [2.24, 2.45) is 0 Å². The number of quaternary nitrogens is 1. The van der Waals surface area contributed by atoms with Crippen molar-refractivity contribution in [2.75, 3.05) is 6.54 Å². The Morgan fingerprint density at radius 2 is 1.72 bits per heavy atom. The van der Waals surface area contributed by atoms with Gasteiger partial charge in [-0.25, -0.2) is 0 Å². The predicted octanol–water partition coefficient (Wildman–Crippen LogP) is 4.89. The Bertz CT molecular complexity index is 863. The van der Waals surface area contributed by atoms with E-state index >= 15 is 0 Å². The van der Waals surface area contributed by atoms with Crippen molar-refractivity contribution < 1.29 is 5.32 Å². The van der Waals surface area contributed by atoms with Crippen molar-refractivity contribution in [3.05, 3.63) is 94.5 Å². The highest BCUT2D eigenvalue weighted by Gasteiger charge is 2.24. The highest BCUT2D eigenvalue weighted by atomic mass is 35.5. The van der Waals surface area contributed by atoms with Crippen LogP contribution in [0.15, 0.2) is 82.6 Å². The van der Waals surface area contributed by atoms with Crippen LogP contribution in [0.5, 0.6) is 0 Å². The van der Waals surface area contributed by atoms with Gasteiger partial charge in [-0.3, -0.25) is 0 Å². The lowest BCUT2D eigenvalue weighted by Gasteiger charge is -2.16. The van der Waals surface area contributed by atoms with Gasteiger partial charge in [0.15, 0.2) is 0 Å². The monoisotopic (exact) mass is 366 g/mol. The normalized spacial score (nSPS) is 16.0. The first kappa shape index (κ1) is 16.7. The molecule has 25 heavy (non-hydrogen) atoms. The molecule has 1 nitrogen and oxygen atoms in total. The van der Waals surface area contributed by atoms with Crippen LogP contribution >= 0.6 is 23.4 Å². The number of benzene rings is 3. The van der Waals surface area contributed by atoms with Crippen molar-refractivity contribution in [1.82, 2.24) is 0 Å². The topological polar surface area (TPSA) is 16.6 Å². The Hall–Kier alpha value is -1.74. The predicted molar refractivity (Wildman–Crippen MR) is 105 cm³/mol. The largest absolute Gasteiger partial charge is 0.339 e. The van der Waals surface area contributed by atoms with Gasteiger partial charge in [0.1, 0.15) is 6.04 Å². The van der Waals surface area contributed by atoms with E-state index in [1.165, 1.54) is 26.5 Å². The summed E-state index contributed by atoms with van der Waals surface area (Å²) in [4.78, 5) is 2.69. The summed E-state index contributed by atoms with van der Waals surface area (Å²) in [6, 6.07) is 26.2. The molecule has 1 aliphatic rings. The van der Waals surface area contributed by atoms with Gasteiger partial charge in [0, 0.05) is 33.2 Å².